The molecule has 0 saturated heterocycles. The average Bonchev–Trinajstić information content (AvgIpc) is 2.20. The van der Waals surface area contributed by atoms with E-state index < -0.39 is 0 Å². The van der Waals surface area contributed by atoms with Gasteiger partial charge in [0.1, 0.15) is 0 Å². The topological polar surface area (TPSA) is 21.3 Å². The standard InChI is InChI=1S/C14H29NO/c1-7-15-13(10-9-11(3)4)14(12(5)6)16-8-2/h12-15H,3,7-10H2,1-2,4-6H3. The predicted molar refractivity (Wildman–Crippen MR) is 71.8 cm³/mol. The van der Waals surface area contributed by atoms with Gasteiger partial charge < -0.3 is 10.1 Å². The summed E-state index contributed by atoms with van der Waals surface area (Å²) in [4.78, 5) is 0. The minimum Gasteiger partial charge on any atom is -0.377 e. The van der Waals surface area contributed by atoms with Crippen LogP contribution in [0.15, 0.2) is 12.2 Å². The first-order valence-electron chi connectivity index (χ1n) is 6.52. The Kier molecular flexibility index (Phi) is 8.58. The van der Waals surface area contributed by atoms with Gasteiger partial charge in [0.05, 0.1) is 6.10 Å². The summed E-state index contributed by atoms with van der Waals surface area (Å²) in [5.74, 6) is 0.550. The molecule has 2 atom stereocenters. The van der Waals surface area contributed by atoms with E-state index in [0.717, 1.165) is 26.0 Å². The van der Waals surface area contributed by atoms with Crippen molar-refractivity contribution in [1.29, 1.82) is 0 Å². The minimum atomic E-state index is 0.310. The second kappa shape index (κ2) is 8.77. The van der Waals surface area contributed by atoms with Crippen LogP contribution in [-0.4, -0.2) is 25.3 Å². The van der Waals surface area contributed by atoms with Crippen LogP contribution in [0.1, 0.15) is 47.5 Å². The van der Waals surface area contributed by atoms with Crippen LogP contribution in [0.3, 0.4) is 0 Å². The lowest BCUT2D eigenvalue weighted by atomic mass is 9.94. The van der Waals surface area contributed by atoms with Gasteiger partial charge in [0, 0.05) is 12.6 Å². The molecule has 0 spiro atoms. The molecule has 2 heteroatoms. The number of nitrogens with one attached hydrogen (secondary N) is 1. The average molecular weight is 227 g/mol. The number of allylic oxidation sites excluding steroid dienone is 1. The normalized spacial score (nSPS) is 15.1. The van der Waals surface area contributed by atoms with E-state index >= 15 is 0 Å². The Hall–Kier alpha value is -0.340. The maximum Gasteiger partial charge on any atom is 0.0750 e. The summed E-state index contributed by atoms with van der Waals surface area (Å²) in [6.45, 7) is 16.5. The Morgan fingerprint density at radius 3 is 2.31 bits per heavy atom. The Balaban J connectivity index is 4.37. The van der Waals surface area contributed by atoms with E-state index in [1.165, 1.54) is 5.57 Å². The summed E-state index contributed by atoms with van der Waals surface area (Å²) in [5, 5.41) is 3.54. The summed E-state index contributed by atoms with van der Waals surface area (Å²) >= 11 is 0. The molecular weight excluding hydrogens is 198 g/mol. The molecule has 0 aromatic rings. The molecule has 2 unspecified atom stereocenters. The maximum absolute atomic E-state index is 5.86. The highest BCUT2D eigenvalue weighted by Gasteiger charge is 2.23. The number of ether oxygens (including phenoxy) is 1. The third kappa shape index (κ3) is 6.29. The summed E-state index contributed by atoms with van der Waals surface area (Å²) in [6.07, 6.45) is 2.50. The maximum atomic E-state index is 5.86. The van der Waals surface area contributed by atoms with Crippen molar-refractivity contribution < 1.29 is 4.74 Å². The first kappa shape index (κ1) is 15.7. The lowest BCUT2D eigenvalue weighted by Gasteiger charge is -2.30. The molecule has 0 aromatic carbocycles. The van der Waals surface area contributed by atoms with Crippen molar-refractivity contribution in [2.45, 2.75) is 59.6 Å². The largest absolute Gasteiger partial charge is 0.377 e. The van der Waals surface area contributed by atoms with E-state index in [4.69, 9.17) is 4.74 Å². The molecule has 0 rings (SSSR count). The first-order chi connectivity index (χ1) is 7.52. The van der Waals surface area contributed by atoms with Gasteiger partial charge in [-0.2, -0.15) is 0 Å². The molecule has 96 valence electrons. The zero-order valence-electron chi connectivity index (χ0n) is 11.7. The van der Waals surface area contributed by atoms with Gasteiger partial charge in [-0.05, 0) is 39.2 Å². The van der Waals surface area contributed by atoms with Crippen molar-refractivity contribution in [2.75, 3.05) is 13.2 Å². The Morgan fingerprint density at radius 1 is 1.31 bits per heavy atom. The van der Waals surface area contributed by atoms with E-state index in [1.54, 1.807) is 0 Å². The lowest BCUT2D eigenvalue weighted by Crippen LogP contribution is -2.44. The molecule has 0 heterocycles. The molecule has 0 aliphatic heterocycles. The molecule has 0 aliphatic rings. The second-order valence-electron chi connectivity index (χ2n) is 4.82. The van der Waals surface area contributed by atoms with E-state index in [2.05, 4.69) is 46.5 Å². The van der Waals surface area contributed by atoms with Gasteiger partial charge in [-0.15, -0.1) is 6.58 Å². The quantitative estimate of drug-likeness (QED) is 0.610. The van der Waals surface area contributed by atoms with Crippen molar-refractivity contribution in [1.82, 2.24) is 5.32 Å². The van der Waals surface area contributed by atoms with Gasteiger partial charge in [0.2, 0.25) is 0 Å². The number of hydrogen-bond acceptors (Lipinski definition) is 2. The van der Waals surface area contributed by atoms with Crippen LogP contribution in [0.4, 0.5) is 0 Å². The van der Waals surface area contributed by atoms with Gasteiger partial charge in [-0.25, -0.2) is 0 Å². The molecule has 0 aromatic heterocycles. The highest BCUT2D eigenvalue weighted by Crippen LogP contribution is 2.17. The molecule has 1 N–H and O–H groups in total. The van der Waals surface area contributed by atoms with Gasteiger partial charge in [0.25, 0.3) is 0 Å². The molecule has 16 heavy (non-hydrogen) atoms. The third-order valence-electron chi connectivity index (χ3n) is 2.76. The van der Waals surface area contributed by atoms with Crippen LogP contribution in [0.5, 0.6) is 0 Å². The van der Waals surface area contributed by atoms with E-state index in [-0.39, 0.29) is 0 Å². The number of rotatable bonds is 9. The fourth-order valence-corrected chi connectivity index (χ4v) is 2.01. The summed E-state index contributed by atoms with van der Waals surface area (Å²) in [6, 6.07) is 0.446. The van der Waals surface area contributed by atoms with Gasteiger partial charge in [0.15, 0.2) is 0 Å². The fourth-order valence-electron chi connectivity index (χ4n) is 2.01. The van der Waals surface area contributed by atoms with Crippen LogP contribution in [0, 0.1) is 5.92 Å². The highest BCUT2D eigenvalue weighted by atomic mass is 16.5. The highest BCUT2D eigenvalue weighted by molar-refractivity contribution is 4.91. The molecule has 2 nitrogen and oxygen atoms in total. The van der Waals surface area contributed by atoms with Crippen LogP contribution in [0.25, 0.3) is 0 Å². The van der Waals surface area contributed by atoms with Crippen LogP contribution < -0.4 is 5.32 Å². The summed E-state index contributed by atoms with van der Waals surface area (Å²) < 4.78 is 5.86. The summed E-state index contributed by atoms with van der Waals surface area (Å²) in [7, 11) is 0. The van der Waals surface area contributed by atoms with Crippen LogP contribution >= 0.6 is 0 Å². The zero-order chi connectivity index (χ0) is 12.6. The SMILES string of the molecule is C=C(C)CCC(NCC)C(OCC)C(C)C. The zero-order valence-corrected chi connectivity index (χ0v) is 11.7. The Labute approximate surface area is 101 Å². The van der Waals surface area contributed by atoms with E-state index in [1.807, 2.05) is 0 Å². The monoisotopic (exact) mass is 227 g/mol. The Bertz CT molecular complexity index is 189. The number of hydrogen-bond donors (Lipinski definition) is 1. The van der Waals surface area contributed by atoms with Crippen molar-refractivity contribution in [3.05, 3.63) is 12.2 Å². The van der Waals surface area contributed by atoms with E-state index in [0.29, 0.717) is 18.1 Å². The second-order valence-corrected chi connectivity index (χ2v) is 4.82. The molecule has 0 radical (unpaired) electrons. The molecular formula is C14H29NO. The molecule has 0 fully saturated rings. The van der Waals surface area contributed by atoms with Gasteiger partial charge in [-0.1, -0.05) is 26.3 Å². The van der Waals surface area contributed by atoms with Gasteiger partial charge >= 0.3 is 0 Å². The van der Waals surface area contributed by atoms with Crippen LogP contribution in [-0.2, 0) is 4.74 Å². The summed E-state index contributed by atoms with van der Waals surface area (Å²) in [5.41, 5.74) is 1.25. The smallest absolute Gasteiger partial charge is 0.0750 e. The third-order valence-corrected chi connectivity index (χ3v) is 2.76. The molecule has 0 bridgehead atoms. The number of likely N-dealkylation sites (N-methyl/N-ethyl adjacent to an activating group) is 1. The minimum absolute atomic E-state index is 0.310. The first-order valence-corrected chi connectivity index (χ1v) is 6.52. The van der Waals surface area contributed by atoms with E-state index in [9.17, 15) is 0 Å². The van der Waals surface area contributed by atoms with Crippen LogP contribution in [0.2, 0.25) is 0 Å². The predicted octanol–water partition coefficient (Wildman–Crippen LogP) is 3.38. The van der Waals surface area contributed by atoms with Crippen molar-refractivity contribution >= 4 is 0 Å². The molecule has 0 aliphatic carbocycles. The lowest BCUT2D eigenvalue weighted by molar-refractivity contribution is 0.00195. The Morgan fingerprint density at radius 2 is 1.94 bits per heavy atom. The van der Waals surface area contributed by atoms with Gasteiger partial charge in [-0.3, -0.25) is 0 Å². The molecule has 0 saturated carbocycles. The van der Waals surface area contributed by atoms with Crippen molar-refractivity contribution in [3.8, 4) is 0 Å². The molecule has 0 amide bonds. The van der Waals surface area contributed by atoms with Crippen molar-refractivity contribution in [3.63, 3.8) is 0 Å². The van der Waals surface area contributed by atoms with Crippen molar-refractivity contribution in [2.24, 2.45) is 5.92 Å². The fraction of sp³-hybridized carbons (Fsp3) is 0.857.